The molecule has 0 unspecified atom stereocenters. The van der Waals surface area contributed by atoms with Gasteiger partial charge in [-0.25, -0.2) is 0 Å². The zero-order valence-corrected chi connectivity index (χ0v) is 14.3. The Morgan fingerprint density at radius 2 is 0.900 bits per heavy atom. The first kappa shape index (κ1) is 21.8. The Labute approximate surface area is 127 Å². The number of carboxylic acid groups (broad SMARTS) is 1. The first-order chi connectivity index (χ1) is 9.68. The Morgan fingerprint density at radius 3 is 1.20 bits per heavy atom. The quantitative estimate of drug-likeness (QED) is 0.388. The van der Waals surface area contributed by atoms with Crippen LogP contribution in [-0.4, -0.2) is 11.1 Å². The first-order valence-electron chi connectivity index (χ1n) is 8.90. The summed E-state index contributed by atoms with van der Waals surface area (Å²) in [6, 6.07) is 0. The Hall–Kier alpha value is -0.530. The molecule has 0 aliphatic rings. The van der Waals surface area contributed by atoms with E-state index in [0.717, 1.165) is 12.8 Å². The molecule has 0 heterocycles. The minimum Gasteiger partial charge on any atom is -0.481 e. The van der Waals surface area contributed by atoms with E-state index < -0.39 is 5.97 Å². The largest absolute Gasteiger partial charge is 0.481 e. The van der Waals surface area contributed by atoms with E-state index in [0.29, 0.717) is 6.42 Å². The van der Waals surface area contributed by atoms with Gasteiger partial charge >= 0.3 is 5.97 Å². The predicted octanol–water partition coefficient (Wildman–Crippen LogP) is 6.58. The maximum atomic E-state index is 10.1. The molecule has 0 saturated heterocycles. The van der Waals surface area contributed by atoms with E-state index in [1.807, 2.05) is 0 Å². The molecule has 0 aromatic carbocycles. The third kappa shape index (κ3) is 26.1. The van der Waals surface area contributed by atoms with E-state index in [4.69, 9.17) is 5.11 Å². The van der Waals surface area contributed by atoms with Gasteiger partial charge in [0.1, 0.15) is 0 Å². The molecule has 0 atom stereocenters. The van der Waals surface area contributed by atoms with Crippen LogP contribution < -0.4 is 0 Å². The van der Waals surface area contributed by atoms with Crippen LogP contribution in [0.2, 0.25) is 0 Å². The van der Waals surface area contributed by atoms with Crippen molar-refractivity contribution in [3.63, 3.8) is 0 Å². The van der Waals surface area contributed by atoms with Crippen molar-refractivity contribution in [2.24, 2.45) is 0 Å². The van der Waals surface area contributed by atoms with Crippen molar-refractivity contribution in [3.8, 4) is 0 Å². The molecule has 0 fully saturated rings. The Morgan fingerprint density at radius 1 is 0.600 bits per heavy atom. The second-order valence-electron chi connectivity index (χ2n) is 5.68. The van der Waals surface area contributed by atoms with Gasteiger partial charge in [0.25, 0.3) is 0 Å². The van der Waals surface area contributed by atoms with Crippen molar-refractivity contribution in [1.82, 2.24) is 0 Å². The number of carboxylic acids is 1. The van der Waals surface area contributed by atoms with Crippen LogP contribution in [0.1, 0.15) is 111 Å². The summed E-state index contributed by atoms with van der Waals surface area (Å²) in [7, 11) is 0. The van der Waals surface area contributed by atoms with Crippen LogP contribution in [0, 0.1) is 0 Å². The minimum atomic E-state index is -0.663. The number of carbonyl (C=O) groups is 1. The molecule has 0 saturated carbocycles. The van der Waals surface area contributed by atoms with Crippen LogP contribution in [0.5, 0.6) is 0 Å². The molecule has 20 heavy (non-hydrogen) atoms. The molecule has 0 bridgehead atoms. The molecule has 2 nitrogen and oxygen atoms in total. The van der Waals surface area contributed by atoms with Gasteiger partial charge in [0.15, 0.2) is 0 Å². The number of hydrogen-bond donors (Lipinski definition) is 1. The number of unbranched alkanes of at least 4 members (excludes halogenated alkanes) is 11. The van der Waals surface area contributed by atoms with E-state index in [1.54, 1.807) is 0 Å². The standard InChI is InChI=1S/C10H20O2.C8H18/c1-2-3-4-5-6-7-8-9-10(11)12;1-3-5-7-8-6-4-2/h2-9H2,1H3,(H,11,12);3-8H2,1-2H3. The zero-order chi connectivity index (χ0) is 15.5. The fourth-order valence-corrected chi connectivity index (χ4v) is 2.09. The van der Waals surface area contributed by atoms with Gasteiger partial charge in [0.2, 0.25) is 0 Å². The monoisotopic (exact) mass is 286 g/mol. The van der Waals surface area contributed by atoms with Crippen molar-refractivity contribution in [3.05, 3.63) is 0 Å². The van der Waals surface area contributed by atoms with Gasteiger partial charge in [-0.05, 0) is 6.42 Å². The Balaban J connectivity index is 0. The Bertz CT molecular complexity index is 172. The molecule has 0 amide bonds. The maximum Gasteiger partial charge on any atom is 0.303 e. The van der Waals surface area contributed by atoms with Gasteiger partial charge in [-0.1, -0.05) is 97.8 Å². The molecule has 0 rings (SSSR count). The molecular formula is C18H38O2. The summed E-state index contributed by atoms with van der Waals surface area (Å²) >= 11 is 0. The van der Waals surface area contributed by atoms with E-state index >= 15 is 0 Å². The number of hydrogen-bond acceptors (Lipinski definition) is 1. The second kappa shape index (κ2) is 20.8. The zero-order valence-electron chi connectivity index (χ0n) is 14.3. The van der Waals surface area contributed by atoms with Gasteiger partial charge in [-0.3, -0.25) is 4.79 Å². The lowest BCUT2D eigenvalue weighted by Crippen LogP contribution is -1.93. The summed E-state index contributed by atoms with van der Waals surface area (Å²) in [5.74, 6) is -0.663. The molecular weight excluding hydrogens is 248 g/mol. The highest BCUT2D eigenvalue weighted by Gasteiger charge is 1.95. The van der Waals surface area contributed by atoms with Crippen molar-refractivity contribution in [2.45, 2.75) is 111 Å². The summed E-state index contributed by atoms with van der Waals surface area (Å²) < 4.78 is 0. The van der Waals surface area contributed by atoms with Gasteiger partial charge in [-0.2, -0.15) is 0 Å². The molecule has 1 N–H and O–H groups in total. The average Bonchev–Trinajstić information content (AvgIpc) is 2.43. The summed E-state index contributed by atoms with van der Waals surface area (Å²) in [6.45, 7) is 6.71. The van der Waals surface area contributed by atoms with Gasteiger partial charge in [0, 0.05) is 6.42 Å². The van der Waals surface area contributed by atoms with Crippen molar-refractivity contribution >= 4 is 5.97 Å². The first-order valence-corrected chi connectivity index (χ1v) is 8.90. The summed E-state index contributed by atoms with van der Waals surface area (Å²) in [6.07, 6.45) is 17.1. The van der Waals surface area contributed by atoms with Gasteiger partial charge < -0.3 is 5.11 Å². The lowest BCUT2D eigenvalue weighted by molar-refractivity contribution is -0.137. The molecule has 0 radical (unpaired) electrons. The van der Waals surface area contributed by atoms with Crippen LogP contribution in [0.3, 0.4) is 0 Å². The number of rotatable bonds is 13. The predicted molar refractivity (Wildman–Crippen MR) is 89.3 cm³/mol. The molecule has 0 aromatic rings. The smallest absolute Gasteiger partial charge is 0.303 e. The van der Waals surface area contributed by atoms with Gasteiger partial charge in [-0.15, -0.1) is 0 Å². The molecule has 0 spiro atoms. The average molecular weight is 286 g/mol. The summed E-state index contributed by atoms with van der Waals surface area (Å²) in [5, 5.41) is 8.35. The molecule has 2 heteroatoms. The summed E-state index contributed by atoms with van der Waals surface area (Å²) in [5.41, 5.74) is 0. The SMILES string of the molecule is CCCCCCCC.CCCCCCCCCC(=O)O. The minimum absolute atomic E-state index is 0.341. The van der Waals surface area contributed by atoms with Crippen molar-refractivity contribution < 1.29 is 9.90 Å². The summed E-state index contributed by atoms with van der Waals surface area (Å²) in [4.78, 5) is 10.1. The third-order valence-electron chi connectivity index (χ3n) is 3.45. The highest BCUT2D eigenvalue weighted by atomic mass is 16.4. The van der Waals surface area contributed by atoms with Crippen molar-refractivity contribution in [2.75, 3.05) is 0 Å². The van der Waals surface area contributed by atoms with E-state index in [2.05, 4.69) is 20.8 Å². The van der Waals surface area contributed by atoms with E-state index in [-0.39, 0.29) is 0 Å². The van der Waals surface area contributed by atoms with Crippen molar-refractivity contribution in [1.29, 1.82) is 0 Å². The third-order valence-corrected chi connectivity index (χ3v) is 3.45. The molecule has 122 valence electrons. The second-order valence-corrected chi connectivity index (χ2v) is 5.68. The van der Waals surface area contributed by atoms with Crippen LogP contribution in [0.15, 0.2) is 0 Å². The van der Waals surface area contributed by atoms with Crippen LogP contribution in [0.25, 0.3) is 0 Å². The van der Waals surface area contributed by atoms with E-state index in [9.17, 15) is 4.79 Å². The fourth-order valence-electron chi connectivity index (χ4n) is 2.09. The normalized spacial score (nSPS) is 9.95. The Kier molecular flexibility index (Phi) is 22.6. The van der Waals surface area contributed by atoms with Crippen LogP contribution >= 0.6 is 0 Å². The highest BCUT2D eigenvalue weighted by Crippen LogP contribution is 2.08. The molecule has 0 aliphatic carbocycles. The maximum absolute atomic E-state index is 10.1. The van der Waals surface area contributed by atoms with Crippen LogP contribution in [-0.2, 0) is 4.79 Å². The van der Waals surface area contributed by atoms with E-state index in [1.165, 1.54) is 70.6 Å². The topological polar surface area (TPSA) is 37.3 Å². The fraction of sp³-hybridized carbons (Fsp3) is 0.944. The van der Waals surface area contributed by atoms with Gasteiger partial charge in [0.05, 0.1) is 0 Å². The highest BCUT2D eigenvalue weighted by molar-refractivity contribution is 5.66. The number of aliphatic carboxylic acids is 1. The van der Waals surface area contributed by atoms with Crippen LogP contribution in [0.4, 0.5) is 0 Å². The molecule has 0 aromatic heterocycles. The lowest BCUT2D eigenvalue weighted by Gasteiger charge is -1.98. The molecule has 0 aliphatic heterocycles. The lowest BCUT2D eigenvalue weighted by atomic mass is 10.1.